The van der Waals surface area contributed by atoms with Crippen molar-refractivity contribution in [2.45, 2.75) is 339 Å². The number of hydrogen-bond acceptors (Lipinski definition) is 8. The van der Waals surface area contributed by atoms with Crippen LogP contribution < -0.4 is 5.32 Å². The molecular weight excluding hydrogens is 911 g/mol. The second-order valence-corrected chi connectivity index (χ2v) is 21.8. The van der Waals surface area contributed by atoms with E-state index in [2.05, 4.69) is 55.6 Å². The van der Waals surface area contributed by atoms with Gasteiger partial charge in [-0.3, -0.25) is 4.79 Å². The van der Waals surface area contributed by atoms with E-state index in [-0.39, 0.29) is 12.5 Å². The first-order chi connectivity index (χ1) is 35.8. The first-order valence-electron chi connectivity index (χ1n) is 31.4. The zero-order valence-electron chi connectivity index (χ0n) is 47.6. The van der Waals surface area contributed by atoms with E-state index in [0.717, 1.165) is 44.9 Å². The van der Waals surface area contributed by atoms with Crippen LogP contribution in [0.1, 0.15) is 296 Å². The number of ether oxygens (including phenoxy) is 2. The molecule has 1 amide bonds. The van der Waals surface area contributed by atoms with Crippen molar-refractivity contribution in [1.29, 1.82) is 0 Å². The molecule has 0 spiro atoms. The fourth-order valence-corrected chi connectivity index (χ4v) is 9.91. The maximum atomic E-state index is 13.1. The number of hydrogen-bond donors (Lipinski definition) is 6. The van der Waals surface area contributed by atoms with Gasteiger partial charge >= 0.3 is 0 Å². The Morgan fingerprint density at radius 1 is 0.466 bits per heavy atom. The fraction of sp³-hybridized carbons (Fsp3) is 0.859. The second-order valence-electron chi connectivity index (χ2n) is 21.8. The fourth-order valence-electron chi connectivity index (χ4n) is 9.91. The van der Waals surface area contributed by atoms with Crippen molar-refractivity contribution >= 4 is 5.91 Å². The van der Waals surface area contributed by atoms with Crippen LogP contribution in [-0.4, -0.2) is 87.5 Å². The van der Waals surface area contributed by atoms with Crippen LogP contribution in [0.2, 0.25) is 0 Å². The number of aliphatic hydroxyl groups is 5. The lowest BCUT2D eigenvalue weighted by Crippen LogP contribution is -2.60. The van der Waals surface area contributed by atoms with Crippen LogP contribution in [0.5, 0.6) is 0 Å². The first kappa shape index (κ1) is 69.2. The third-order valence-corrected chi connectivity index (χ3v) is 14.9. The smallest absolute Gasteiger partial charge is 0.220 e. The van der Waals surface area contributed by atoms with Crippen molar-refractivity contribution in [1.82, 2.24) is 5.32 Å². The Morgan fingerprint density at radius 3 is 1.23 bits per heavy atom. The first-order valence-corrected chi connectivity index (χ1v) is 31.4. The molecule has 1 aliphatic rings. The molecule has 9 heteroatoms. The van der Waals surface area contributed by atoms with Crippen LogP contribution in [0.4, 0.5) is 0 Å². The Morgan fingerprint density at radius 2 is 0.822 bits per heavy atom. The Kier molecular flexibility index (Phi) is 50.7. The quantitative estimate of drug-likeness (QED) is 0.0261. The molecule has 0 radical (unpaired) electrons. The molecule has 1 heterocycles. The standard InChI is InChI=1S/C64H119NO8/c1-3-5-7-9-11-13-15-17-19-21-23-25-27-28-29-30-32-33-35-37-39-41-43-45-47-49-51-53-58(67)57(56-72-64-63(71)62(70)61(69)59(55-66)73-64)65-60(68)54-52-50-48-46-44-42-40-38-36-34-31-26-24-22-20-18-16-14-12-10-8-6-4-2/h16,18,22,24,43,45,51,53,57-59,61-64,66-67,69-71H,3-15,17,19-21,23,25-42,44,46-50,52,54-56H2,1-2H3,(H,65,68)/b18-16-,24-22-,45-43+,53-51+. The van der Waals surface area contributed by atoms with Crippen LogP contribution in [-0.2, 0) is 14.3 Å². The maximum absolute atomic E-state index is 13.1. The number of carbonyl (C=O) groups is 1. The van der Waals surface area contributed by atoms with E-state index < -0.39 is 49.5 Å². The van der Waals surface area contributed by atoms with Crippen molar-refractivity contribution in [3.8, 4) is 0 Å². The van der Waals surface area contributed by atoms with Gasteiger partial charge in [0.05, 0.1) is 25.4 Å². The zero-order valence-corrected chi connectivity index (χ0v) is 47.6. The number of aliphatic hydroxyl groups excluding tert-OH is 5. The van der Waals surface area contributed by atoms with Crippen LogP contribution in [0.15, 0.2) is 48.6 Å². The average molecular weight is 1030 g/mol. The van der Waals surface area contributed by atoms with E-state index in [4.69, 9.17) is 9.47 Å². The van der Waals surface area contributed by atoms with E-state index in [0.29, 0.717) is 6.42 Å². The number of allylic oxidation sites excluding steroid dienone is 7. The molecule has 7 atom stereocenters. The number of amides is 1. The van der Waals surface area contributed by atoms with E-state index >= 15 is 0 Å². The lowest BCUT2D eigenvalue weighted by Gasteiger charge is -2.40. The van der Waals surface area contributed by atoms with E-state index in [1.165, 1.54) is 231 Å². The lowest BCUT2D eigenvalue weighted by atomic mass is 9.99. The predicted octanol–water partition coefficient (Wildman–Crippen LogP) is 16.1. The molecule has 428 valence electrons. The highest BCUT2D eigenvalue weighted by Crippen LogP contribution is 2.23. The van der Waals surface area contributed by atoms with Gasteiger partial charge in [-0.2, -0.15) is 0 Å². The van der Waals surface area contributed by atoms with Crippen LogP contribution in [0, 0.1) is 0 Å². The van der Waals surface area contributed by atoms with Gasteiger partial charge in [-0.15, -0.1) is 0 Å². The monoisotopic (exact) mass is 1030 g/mol. The summed E-state index contributed by atoms with van der Waals surface area (Å²) in [6.45, 7) is 3.79. The van der Waals surface area contributed by atoms with Gasteiger partial charge in [-0.05, 0) is 64.2 Å². The van der Waals surface area contributed by atoms with Gasteiger partial charge in [0.25, 0.3) is 0 Å². The van der Waals surface area contributed by atoms with Gasteiger partial charge in [-0.1, -0.05) is 274 Å². The second kappa shape index (κ2) is 53.5. The summed E-state index contributed by atoms with van der Waals surface area (Å²) < 4.78 is 11.3. The predicted molar refractivity (Wildman–Crippen MR) is 309 cm³/mol. The van der Waals surface area contributed by atoms with Crippen molar-refractivity contribution in [3.63, 3.8) is 0 Å². The Bertz CT molecular complexity index is 1290. The normalized spacial score (nSPS) is 19.4. The summed E-state index contributed by atoms with van der Waals surface area (Å²) in [5.74, 6) is -0.186. The van der Waals surface area contributed by atoms with Crippen molar-refractivity contribution in [2.24, 2.45) is 0 Å². The third kappa shape index (κ3) is 42.9. The molecule has 1 aliphatic heterocycles. The molecule has 1 fully saturated rings. The molecule has 7 unspecified atom stereocenters. The molecule has 73 heavy (non-hydrogen) atoms. The van der Waals surface area contributed by atoms with Crippen molar-refractivity contribution in [3.05, 3.63) is 48.6 Å². The van der Waals surface area contributed by atoms with Gasteiger partial charge < -0.3 is 40.3 Å². The van der Waals surface area contributed by atoms with Gasteiger partial charge in [0.1, 0.15) is 24.4 Å². The molecule has 1 saturated heterocycles. The van der Waals surface area contributed by atoms with Crippen molar-refractivity contribution in [2.75, 3.05) is 13.2 Å². The van der Waals surface area contributed by atoms with Crippen molar-refractivity contribution < 1.29 is 39.8 Å². The molecule has 0 aromatic carbocycles. The molecule has 1 rings (SSSR count). The van der Waals surface area contributed by atoms with Crippen LogP contribution in [0.3, 0.4) is 0 Å². The largest absolute Gasteiger partial charge is 0.394 e. The summed E-state index contributed by atoms with van der Waals surface area (Å²) in [5.41, 5.74) is 0. The summed E-state index contributed by atoms with van der Waals surface area (Å²) >= 11 is 0. The molecule has 0 aliphatic carbocycles. The number of unbranched alkanes of at least 4 members (excludes halogenated alkanes) is 38. The number of carbonyl (C=O) groups excluding carboxylic acids is 1. The van der Waals surface area contributed by atoms with Gasteiger partial charge in [0, 0.05) is 6.42 Å². The molecule has 0 bridgehead atoms. The minimum absolute atomic E-state index is 0.186. The SMILES string of the molecule is CCCCCCC/C=C\C/C=C\CCCCCCCCCCCCCC(=O)NC(COC1OC(CO)C(O)C(O)C1O)C(O)/C=C/CC/C=C/CCCCCCCCCCCCCCCCCCCCCCC. The van der Waals surface area contributed by atoms with Gasteiger partial charge in [-0.25, -0.2) is 0 Å². The third-order valence-electron chi connectivity index (χ3n) is 14.9. The van der Waals surface area contributed by atoms with Crippen LogP contribution in [0.25, 0.3) is 0 Å². The number of nitrogens with one attached hydrogen (secondary N) is 1. The van der Waals surface area contributed by atoms with E-state index in [1.54, 1.807) is 6.08 Å². The zero-order chi connectivity index (χ0) is 52.9. The highest BCUT2D eigenvalue weighted by molar-refractivity contribution is 5.76. The Balaban J connectivity index is 2.21. The molecule has 6 N–H and O–H groups in total. The summed E-state index contributed by atoms with van der Waals surface area (Å²) in [6, 6.07) is -0.825. The molecule has 9 nitrogen and oxygen atoms in total. The summed E-state index contributed by atoms with van der Waals surface area (Å²) in [4.78, 5) is 13.1. The van der Waals surface area contributed by atoms with Crippen LogP contribution >= 0.6 is 0 Å². The van der Waals surface area contributed by atoms with Gasteiger partial charge in [0.15, 0.2) is 6.29 Å². The minimum atomic E-state index is -1.57. The number of rotatable bonds is 54. The highest BCUT2D eigenvalue weighted by atomic mass is 16.7. The minimum Gasteiger partial charge on any atom is -0.394 e. The molecule has 0 saturated carbocycles. The molecule has 0 aromatic heterocycles. The summed E-state index contributed by atoms with van der Waals surface area (Å²) in [7, 11) is 0. The van der Waals surface area contributed by atoms with E-state index in [9.17, 15) is 30.3 Å². The Hall–Kier alpha value is -1.85. The Labute approximate surface area is 450 Å². The summed E-state index contributed by atoms with van der Waals surface area (Å²) in [6.07, 6.45) is 64.8. The molecule has 0 aromatic rings. The van der Waals surface area contributed by atoms with E-state index in [1.807, 2.05) is 6.08 Å². The maximum Gasteiger partial charge on any atom is 0.220 e. The summed E-state index contributed by atoms with van der Waals surface area (Å²) in [5, 5.41) is 54.6. The van der Waals surface area contributed by atoms with Gasteiger partial charge in [0.2, 0.25) is 5.91 Å². The topological polar surface area (TPSA) is 149 Å². The molecular formula is C64H119NO8. The lowest BCUT2D eigenvalue weighted by molar-refractivity contribution is -0.302. The average Bonchev–Trinajstić information content (AvgIpc) is 3.39. The highest BCUT2D eigenvalue weighted by Gasteiger charge is 2.44.